The van der Waals surface area contributed by atoms with Crippen molar-refractivity contribution in [2.45, 2.75) is 45.5 Å². The zero-order valence-corrected chi connectivity index (χ0v) is 22.3. The standard InChI is InChI=1S/C28H28F2N6O5/c1-28(2,22-20(31)9-11-32-23(22)37)34-25-33-26(38)36(15-17-5-8-21-18(13-17)10-12-40-21)27(39)35(25)14-16-3-6-19(7-4-16)41-24(29)30/h3-9,11,13,24H,10,12,14-15H2,1-2H3,(H3,31,32,37)(H,33,34,38). The van der Waals surface area contributed by atoms with Crippen molar-refractivity contribution in [3.63, 3.8) is 0 Å². The van der Waals surface area contributed by atoms with Crippen LogP contribution in [-0.2, 0) is 25.0 Å². The van der Waals surface area contributed by atoms with E-state index in [1.807, 2.05) is 6.07 Å². The summed E-state index contributed by atoms with van der Waals surface area (Å²) in [4.78, 5) is 46.4. The Kier molecular flexibility index (Phi) is 7.35. The molecular formula is C28H28F2N6O5. The number of nitrogens with two attached hydrogens (primary N) is 1. The molecule has 0 spiro atoms. The molecule has 11 nitrogen and oxygen atoms in total. The summed E-state index contributed by atoms with van der Waals surface area (Å²) in [5.74, 6) is 0.630. The van der Waals surface area contributed by atoms with Crippen LogP contribution < -0.4 is 37.5 Å². The summed E-state index contributed by atoms with van der Waals surface area (Å²) in [6, 6.07) is 12.8. The molecule has 5 rings (SSSR count). The summed E-state index contributed by atoms with van der Waals surface area (Å²) in [6.45, 7) is 0.817. The molecule has 0 saturated carbocycles. The van der Waals surface area contributed by atoms with Gasteiger partial charge in [-0.2, -0.15) is 13.8 Å². The van der Waals surface area contributed by atoms with Gasteiger partial charge in [-0.25, -0.2) is 14.2 Å². The van der Waals surface area contributed by atoms with E-state index in [4.69, 9.17) is 10.5 Å². The highest BCUT2D eigenvalue weighted by Crippen LogP contribution is 2.27. The maximum Gasteiger partial charge on any atom is 0.387 e. The first-order valence-electron chi connectivity index (χ1n) is 12.8. The fourth-order valence-electron chi connectivity index (χ4n) is 4.86. The van der Waals surface area contributed by atoms with E-state index in [1.165, 1.54) is 41.1 Å². The maximum absolute atomic E-state index is 13.8. The van der Waals surface area contributed by atoms with Gasteiger partial charge in [-0.15, -0.1) is 0 Å². The number of rotatable bonds is 9. The van der Waals surface area contributed by atoms with E-state index >= 15 is 0 Å². The highest BCUT2D eigenvalue weighted by Gasteiger charge is 2.29. The van der Waals surface area contributed by atoms with Crippen molar-refractivity contribution in [1.29, 1.82) is 0 Å². The fourth-order valence-corrected chi connectivity index (χ4v) is 4.86. The smallest absolute Gasteiger partial charge is 0.387 e. The molecule has 3 heterocycles. The molecule has 2 aromatic heterocycles. The molecule has 0 aliphatic carbocycles. The Morgan fingerprint density at radius 2 is 1.78 bits per heavy atom. The van der Waals surface area contributed by atoms with Crippen LogP contribution >= 0.6 is 0 Å². The quantitative estimate of drug-likeness (QED) is 0.280. The molecule has 0 radical (unpaired) electrons. The van der Waals surface area contributed by atoms with Gasteiger partial charge in [0.1, 0.15) is 11.5 Å². The van der Waals surface area contributed by atoms with Gasteiger partial charge in [0.05, 0.1) is 30.8 Å². The highest BCUT2D eigenvalue weighted by molar-refractivity contribution is 5.51. The molecule has 214 valence electrons. The lowest BCUT2D eigenvalue weighted by atomic mass is 9.94. The minimum atomic E-state index is -2.98. The molecule has 1 aliphatic rings. The van der Waals surface area contributed by atoms with Crippen molar-refractivity contribution in [3.05, 3.63) is 108 Å². The van der Waals surface area contributed by atoms with E-state index in [0.717, 1.165) is 27.9 Å². The van der Waals surface area contributed by atoms with Gasteiger partial charge < -0.3 is 25.5 Å². The number of alkyl halides is 2. The van der Waals surface area contributed by atoms with Crippen molar-refractivity contribution in [1.82, 2.24) is 19.1 Å². The molecule has 0 fully saturated rings. The Morgan fingerprint density at radius 3 is 2.49 bits per heavy atom. The van der Waals surface area contributed by atoms with Crippen LogP contribution in [0, 0.1) is 0 Å². The van der Waals surface area contributed by atoms with Crippen molar-refractivity contribution in [2.75, 3.05) is 17.7 Å². The lowest BCUT2D eigenvalue weighted by Gasteiger charge is -2.29. The van der Waals surface area contributed by atoms with Crippen LogP contribution in [0.5, 0.6) is 11.5 Å². The zero-order chi connectivity index (χ0) is 29.3. The fraction of sp³-hybridized carbons (Fsp3) is 0.286. The number of anilines is 2. The minimum Gasteiger partial charge on any atom is -0.493 e. The normalized spacial score (nSPS) is 12.7. The van der Waals surface area contributed by atoms with Crippen molar-refractivity contribution >= 4 is 11.6 Å². The topological polar surface area (TPSA) is 146 Å². The Labute approximate surface area is 232 Å². The van der Waals surface area contributed by atoms with Gasteiger partial charge in [0, 0.05) is 18.3 Å². The molecule has 13 heteroatoms. The van der Waals surface area contributed by atoms with Crippen molar-refractivity contribution in [2.24, 2.45) is 0 Å². The molecule has 0 atom stereocenters. The summed E-state index contributed by atoms with van der Waals surface area (Å²) in [7, 11) is 0. The van der Waals surface area contributed by atoms with Gasteiger partial charge in [0.15, 0.2) is 0 Å². The number of hydrogen-bond acceptors (Lipinski definition) is 8. The maximum atomic E-state index is 13.8. The van der Waals surface area contributed by atoms with Crippen molar-refractivity contribution in [3.8, 4) is 11.5 Å². The van der Waals surface area contributed by atoms with Gasteiger partial charge >= 0.3 is 18.0 Å². The number of halogens is 2. The first-order valence-corrected chi connectivity index (χ1v) is 12.8. The summed E-state index contributed by atoms with van der Waals surface area (Å²) in [5.41, 5.74) is 5.69. The van der Waals surface area contributed by atoms with Crippen LogP contribution in [0.4, 0.5) is 20.4 Å². The number of nitrogen functional groups attached to an aromatic ring is 1. The molecule has 4 aromatic rings. The number of aromatic nitrogens is 4. The van der Waals surface area contributed by atoms with Gasteiger partial charge in [0.2, 0.25) is 5.95 Å². The van der Waals surface area contributed by atoms with E-state index in [2.05, 4.69) is 20.0 Å². The Balaban J connectivity index is 1.57. The number of aromatic amines is 1. The summed E-state index contributed by atoms with van der Waals surface area (Å²) >= 11 is 0. The van der Waals surface area contributed by atoms with E-state index < -0.39 is 29.1 Å². The van der Waals surface area contributed by atoms with Crippen LogP contribution in [0.2, 0.25) is 0 Å². The third-order valence-electron chi connectivity index (χ3n) is 6.78. The number of H-pyrrole nitrogens is 1. The summed E-state index contributed by atoms with van der Waals surface area (Å²) in [5, 5.41) is 3.05. The number of hydrogen-bond donors (Lipinski definition) is 3. The number of nitrogens with one attached hydrogen (secondary N) is 2. The number of fused-ring (bicyclic) bond motifs is 1. The number of nitrogens with zero attached hydrogens (tertiary/aromatic N) is 3. The van der Waals surface area contributed by atoms with Gasteiger partial charge in [-0.3, -0.25) is 9.36 Å². The molecule has 0 bridgehead atoms. The van der Waals surface area contributed by atoms with Gasteiger partial charge in [0.25, 0.3) is 5.56 Å². The predicted molar refractivity (Wildman–Crippen MR) is 148 cm³/mol. The average molecular weight is 567 g/mol. The van der Waals surface area contributed by atoms with E-state index in [0.29, 0.717) is 12.2 Å². The highest BCUT2D eigenvalue weighted by atomic mass is 19.3. The number of pyridine rings is 1. The van der Waals surface area contributed by atoms with Crippen LogP contribution in [0.1, 0.15) is 36.1 Å². The van der Waals surface area contributed by atoms with Crippen molar-refractivity contribution < 1.29 is 18.3 Å². The second-order valence-electron chi connectivity index (χ2n) is 10.1. The lowest BCUT2D eigenvalue weighted by molar-refractivity contribution is -0.0498. The summed E-state index contributed by atoms with van der Waals surface area (Å²) in [6.07, 6.45) is 2.14. The molecule has 1 aliphatic heterocycles. The first kappa shape index (κ1) is 27.6. The Hall–Kier alpha value is -4.94. The molecule has 0 amide bonds. The van der Waals surface area contributed by atoms with Crippen LogP contribution in [-0.4, -0.2) is 32.3 Å². The number of benzene rings is 2. The zero-order valence-electron chi connectivity index (χ0n) is 22.3. The third-order valence-corrected chi connectivity index (χ3v) is 6.78. The molecular weight excluding hydrogens is 538 g/mol. The van der Waals surface area contributed by atoms with E-state index in [-0.39, 0.29) is 36.0 Å². The predicted octanol–water partition coefficient (Wildman–Crippen LogP) is 2.66. The Morgan fingerprint density at radius 1 is 1.07 bits per heavy atom. The molecule has 0 saturated heterocycles. The van der Waals surface area contributed by atoms with E-state index in [9.17, 15) is 23.2 Å². The van der Waals surface area contributed by atoms with E-state index in [1.54, 1.807) is 26.0 Å². The molecule has 41 heavy (non-hydrogen) atoms. The van der Waals surface area contributed by atoms with Crippen LogP contribution in [0.3, 0.4) is 0 Å². The summed E-state index contributed by atoms with van der Waals surface area (Å²) < 4.78 is 37.4. The molecule has 2 aromatic carbocycles. The van der Waals surface area contributed by atoms with Crippen LogP contribution in [0.15, 0.2) is 69.1 Å². The molecule has 0 unspecified atom stereocenters. The van der Waals surface area contributed by atoms with Crippen LogP contribution in [0.25, 0.3) is 0 Å². The molecule has 4 N–H and O–H groups in total. The second kappa shape index (κ2) is 10.9. The first-order chi connectivity index (χ1) is 19.5. The number of ether oxygens (including phenoxy) is 2. The minimum absolute atomic E-state index is 0.0336. The average Bonchev–Trinajstić information content (AvgIpc) is 3.37. The lowest BCUT2D eigenvalue weighted by Crippen LogP contribution is -2.45. The monoisotopic (exact) mass is 566 g/mol. The van der Waals surface area contributed by atoms with Gasteiger partial charge in [-0.1, -0.05) is 24.3 Å². The largest absolute Gasteiger partial charge is 0.493 e. The third kappa shape index (κ3) is 5.83. The van der Waals surface area contributed by atoms with Gasteiger partial charge in [-0.05, 0) is 54.8 Å². The SMILES string of the molecule is CC(C)(Nc1nc(=O)n(Cc2ccc3c(c2)CCO3)c(=O)n1Cc1ccc(OC(F)F)cc1)c1c(N)cc[nH]c1=O. The Bertz CT molecular complexity index is 1760. The second-order valence-corrected chi connectivity index (χ2v) is 10.1.